The van der Waals surface area contributed by atoms with Gasteiger partial charge in [-0.25, -0.2) is 12.8 Å². The lowest BCUT2D eigenvalue weighted by atomic mass is 10.2. The highest BCUT2D eigenvalue weighted by Gasteiger charge is 2.10. The summed E-state index contributed by atoms with van der Waals surface area (Å²) in [5, 5.41) is 7.68. The number of aromatic amines is 1. The van der Waals surface area contributed by atoms with Gasteiger partial charge < -0.3 is 0 Å². The first-order chi connectivity index (χ1) is 11.5. The molecule has 0 bridgehead atoms. The fourth-order valence-corrected chi connectivity index (χ4v) is 2.78. The number of nitrogens with zero attached hydrogens (tertiary/aromatic N) is 2. The summed E-state index contributed by atoms with van der Waals surface area (Å²) in [6.45, 7) is 0. The summed E-state index contributed by atoms with van der Waals surface area (Å²) in [7, 11) is -3.73. The highest BCUT2D eigenvalue weighted by molar-refractivity contribution is 7.95. The summed E-state index contributed by atoms with van der Waals surface area (Å²) >= 11 is 0. The SMILES string of the molecule is O=S(=O)(/C=C/c1ccc(F)cc1)Nc1cc(-c2ccncc2)[nH]n1. The molecule has 0 saturated carbocycles. The molecule has 6 nitrogen and oxygen atoms in total. The lowest BCUT2D eigenvalue weighted by Crippen LogP contribution is -2.09. The van der Waals surface area contributed by atoms with Gasteiger partial charge in [-0.1, -0.05) is 12.1 Å². The zero-order valence-corrected chi connectivity index (χ0v) is 13.2. The second-order valence-corrected chi connectivity index (χ2v) is 6.47. The first-order valence-electron chi connectivity index (χ1n) is 6.94. The number of anilines is 1. The fraction of sp³-hybridized carbons (Fsp3) is 0. The Morgan fingerprint density at radius 2 is 1.79 bits per heavy atom. The molecule has 2 heterocycles. The van der Waals surface area contributed by atoms with Gasteiger partial charge in [0.05, 0.1) is 11.1 Å². The summed E-state index contributed by atoms with van der Waals surface area (Å²) in [5.74, 6) is -0.209. The Kier molecular flexibility index (Phi) is 4.39. The van der Waals surface area contributed by atoms with Crippen molar-refractivity contribution in [3.05, 3.63) is 71.6 Å². The molecule has 0 saturated heterocycles. The number of nitrogens with one attached hydrogen (secondary N) is 2. The van der Waals surface area contributed by atoms with Gasteiger partial charge in [0.2, 0.25) is 0 Å². The van der Waals surface area contributed by atoms with Crippen LogP contribution in [-0.2, 0) is 10.0 Å². The van der Waals surface area contributed by atoms with Crippen LogP contribution in [0, 0.1) is 5.82 Å². The number of halogens is 1. The highest BCUT2D eigenvalue weighted by Crippen LogP contribution is 2.19. The molecule has 8 heteroatoms. The zero-order valence-electron chi connectivity index (χ0n) is 12.3. The van der Waals surface area contributed by atoms with Crippen molar-refractivity contribution in [2.45, 2.75) is 0 Å². The molecule has 0 atom stereocenters. The van der Waals surface area contributed by atoms with Crippen LogP contribution in [0.4, 0.5) is 10.2 Å². The Hall–Kier alpha value is -3.00. The molecule has 0 amide bonds. The van der Waals surface area contributed by atoms with Crippen molar-refractivity contribution in [3.8, 4) is 11.3 Å². The van der Waals surface area contributed by atoms with Gasteiger partial charge in [-0.05, 0) is 35.9 Å². The van der Waals surface area contributed by atoms with E-state index < -0.39 is 10.0 Å². The maximum absolute atomic E-state index is 12.8. The van der Waals surface area contributed by atoms with E-state index in [2.05, 4.69) is 19.9 Å². The molecule has 2 aromatic heterocycles. The van der Waals surface area contributed by atoms with Gasteiger partial charge in [-0.15, -0.1) is 0 Å². The largest absolute Gasteiger partial charge is 0.276 e. The normalized spacial score (nSPS) is 11.7. The van der Waals surface area contributed by atoms with Crippen LogP contribution in [0.3, 0.4) is 0 Å². The molecular formula is C16H13FN4O2S. The highest BCUT2D eigenvalue weighted by atomic mass is 32.2. The van der Waals surface area contributed by atoms with Crippen molar-refractivity contribution in [2.75, 3.05) is 4.72 Å². The Balaban J connectivity index is 1.73. The number of H-pyrrole nitrogens is 1. The Labute approximate surface area is 138 Å². The van der Waals surface area contributed by atoms with E-state index in [0.29, 0.717) is 11.3 Å². The van der Waals surface area contributed by atoms with Crippen molar-refractivity contribution in [3.63, 3.8) is 0 Å². The first-order valence-corrected chi connectivity index (χ1v) is 8.49. The third kappa shape index (κ3) is 4.05. The molecule has 0 aliphatic carbocycles. The van der Waals surface area contributed by atoms with Crippen molar-refractivity contribution < 1.29 is 12.8 Å². The number of hydrogen-bond acceptors (Lipinski definition) is 4. The van der Waals surface area contributed by atoms with Gasteiger partial charge in [0, 0.05) is 24.0 Å². The van der Waals surface area contributed by atoms with Gasteiger partial charge >= 0.3 is 0 Å². The fourth-order valence-electron chi connectivity index (χ4n) is 1.98. The van der Waals surface area contributed by atoms with E-state index in [9.17, 15) is 12.8 Å². The molecule has 0 spiro atoms. The molecular weight excluding hydrogens is 331 g/mol. The molecule has 0 aliphatic heterocycles. The third-order valence-electron chi connectivity index (χ3n) is 3.13. The third-order valence-corrected chi connectivity index (χ3v) is 4.11. The Morgan fingerprint density at radius 3 is 2.50 bits per heavy atom. The van der Waals surface area contributed by atoms with Crippen LogP contribution in [0.2, 0.25) is 0 Å². The van der Waals surface area contributed by atoms with Crippen molar-refractivity contribution in [2.24, 2.45) is 0 Å². The van der Waals surface area contributed by atoms with Crippen LogP contribution in [0.1, 0.15) is 5.56 Å². The van der Waals surface area contributed by atoms with Gasteiger partial charge in [-0.2, -0.15) is 5.10 Å². The first kappa shape index (κ1) is 15.9. The topological polar surface area (TPSA) is 87.7 Å². The summed E-state index contributed by atoms with van der Waals surface area (Å²) in [5.41, 5.74) is 2.07. The van der Waals surface area contributed by atoms with Crippen molar-refractivity contribution >= 4 is 21.9 Å². The molecule has 24 heavy (non-hydrogen) atoms. The monoisotopic (exact) mass is 344 g/mol. The van der Waals surface area contributed by atoms with Gasteiger partial charge in [0.15, 0.2) is 5.82 Å². The lowest BCUT2D eigenvalue weighted by Gasteiger charge is -1.99. The minimum Gasteiger partial charge on any atom is -0.276 e. The average molecular weight is 344 g/mol. The predicted octanol–water partition coefficient (Wildman–Crippen LogP) is 3.02. The van der Waals surface area contributed by atoms with Crippen LogP contribution in [0.25, 0.3) is 17.3 Å². The van der Waals surface area contributed by atoms with Crippen LogP contribution in [0.15, 0.2) is 60.3 Å². The standard InChI is InChI=1S/C16H13FN4O2S/c17-14-3-1-12(2-4-14)7-10-24(22,23)21-16-11-15(19-20-16)13-5-8-18-9-6-13/h1-11H,(H2,19,20,21)/b10-7+. The second-order valence-electron chi connectivity index (χ2n) is 4.90. The van der Waals surface area contributed by atoms with Gasteiger partial charge in [-0.3, -0.25) is 14.8 Å². The number of rotatable bonds is 5. The zero-order chi connectivity index (χ0) is 17.0. The van der Waals surface area contributed by atoms with E-state index >= 15 is 0 Å². The molecule has 0 unspecified atom stereocenters. The molecule has 2 N–H and O–H groups in total. The number of pyridine rings is 1. The minimum absolute atomic E-state index is 0.172. The van der Waals surface area contributed by atoms with Crippen molar-refractivity contribution in [1.82, 2.24) is 15.2 Å². The molecule has 3 aromatic rings. The summed E-state index contributed by atoms with van der Waals surface area (Å²) in [4.78, 5) is 3.92. The van der Waals surface area contributed by atoms with Crippen molar-refractivity contribution in [1.29, 1.82) is 0 Å². The second kappa shape index (κ2) is 6.63. The predicted molar refractivity (Wildman–Crippen MR) is 89.8 cm³/mol. The van der Waals surface area contributed by atoms with E-state index in [0.717, 1.165) is 11.0 Å². The molecule has 1 aromatic carbocycles. The number of hydrogen-bond donors (Lipinski definition) is 2. The smallest absolute Gasteiger partial charge is 0.256 e. The number of aromatic nitrogens is 3. The molecule has 0 radical (unpaired) electrons. The molecule has 3 rings (SSSR count). The maximum atomic E-state index is 12.8. The quantitative estimate of drug-likeness (QED) is 0.745. The summed E-state index contributed by atoms with van der Waals surface area (Å²) in [6.07, 6.45) is 4.63. The van der Waals surface area contributed by atoms with Gasteiger partial charge in [0.1, 0.15) is 5.82 Å². The average Bonchev–Trinajstić information content (AvgIpc) is 3.03. The molecule has 122 valence electrons. The van der Waals surface area contributed by atoms with Gasteiger partial charge in [0.25, 0.3) is 10.0 Å². The van der Waals surface area contributed by atoms with E-state index in [4.69, 9.17) is 0 Å². The number of benzene rings is 1. The van der Waals surface area contributed by atoms with Crippen LogP contribution < -0.4 is 4.72 Å². The van der Waals surface area contributed by atoms with E-state index in [1.807, 2.05) is 0 Å². The summed E-state index contributed by atoms with van der Waals surface area (Å²) in [6, 6.07) is 10.6. The minimum atomic E-state index is -3.73. The van der Waals surface area contributed by atoms with Crippen LogP contribution in [0.5, 0.6) is 0 Å². The Morgan fingerprint density at radius 1 is 1.08 bits per heavy atom. The summed E-state index contributed by atoms with van der Waals surface area (Å²) < 4.78 is 39.3. The Bertz CT molecular complexity index is 951. The molecule has 0 aliphatic rings. The molecule has 0 fully saturated rings. The van der Waals surface area contributed by atoms with E-state index in [1.54, 1.807) is 30.6 Å². The number of sulfonamides is 1. The van der Waals surface area contributed by atoms with Crippen LogP contribution >= 0.6 is 0 Å². The lowest BCUT2D eigenvalue weighted by molar-refractivity contribution is 0.609. The van der Waals surface area contributed by atoms with E-state index in [-0.39, 0.29) is 11.6 Å². The van der Waals surface area contributed by atoms with E-state index in [1.165, 1.54) is 30.3 Å². The van der Waals surface area contributed by atoms with Crippen LogP contribution in [-0.4, -0.2) is 23.6 Å². The maximum Gasteiger partial charge on any atom is 0.256 e.